The van der Waals surface area contributed by atoms with Gasteiger partial charge in [0.25, 0.3) is 5.92 Å². The molecule has 1 aliphatic heterocycles. The molecule has 1 saturated heterocycles. The molecule has 0 aliphatic carbocycles. The number of nitrogens with zero attached hydrogens (tertiary/aromatic N) is 4. The summed E-state index contributed by atoms with van der Waals surface area (Å²) in [5.74, 6) is -3.97. The molecule has 0 atom stereocenters. The summed E-state index contributed by atoms with van der Waals surface area (Å²) in [4.78, 5) is 20.6. The highest BCUT2D eigenvalue weighted by atomic mass is 19.3. The van der Waals surface area contributed by atoms with E-state index in [0.717, 1.165) is 68.2 Å². The highest BCUT2D eigenvalue weighted by Crippen LogP contribution is 2.34. The van der Waals surface area contributed by atoms with Crippen LogP contribution >= 0.6 is 0 Å². The molecule has 1 aliphatic rings. The maximum Gasteiger partial charge on any atom is 0.335 e. The number of allylic oxidation sites excluding steroid dienone is 1. The second-order valence-corrected chi connectivity index (χ2v) is 9.76. The van der Waals surface area contributed by atoms with Crippen LogP contribution in [0.15, 0.2) is 60.8 Å². The van der Waals surface area contributed by atoms with Crippen LogP contribution in [0.25, 0.3) is 11.4 Å². The quantitative estimate of drug-likeness (QED) is 0.396. The van der Waals surface area contributed by atoms with Gasteiger partial charge in [-0.3, -0.25) is 14.8 Å². The van der Waals surface area contributed by atoms with E-state index in [1.807, 2.05) is 7.05 Å². The lowest BCUT2D eigenvalue weighted by atomic mass is 10.0. The van der Waals surface area contributed by atoms with Gasteiger partial charge in [-0.05, 0) is 48.2 Å². The molecular weight excluding hydrogens is 474 g/mol. The van der Waals surface area contributed by atoms with E-state index < -0.39 is 11.9 Å². The predicted molar refractivity (Wildman–Crippen MR) is 141 cm³/mol. The van der Waals surface area contributed by atoms with Gasteiger partial charge >= 0.3 is 5.97 Å². The fraction of sp³-hybridized carbons (Fsp3) is 0.379. The van der Waals surface area contributed by atoms with Gasteiger partial charge in [-0.1, -0.05) is 37.8 Å². The normalized spacial score (nSPS) is 15.2. The van der Waals surface area contributed by atoms with Crippen LogP contribution in [0, 0.1) is 0 Å². The zero-order valence-corrected chi connectivity index (χ0v) is 21.7. The summed E-state index contributed by atoms with van der Waals surface area (Å²) in [6.45, 7) is 12.0. The van der Waals surface area contributed by atoms with Gasteiger partial charge in [0, 0.05) is 63.8 Å². The standard InChI is InChI=1S/C29H34F2N4O2/c1-5-22-16-25(33(4)27(22)26-17-23(28(36)37)10-11-32-26)19-35-14-12-34(13-15-35)18-21-6-8-24(9-7-21)29(30,31)20(2)3/h6-11,16-17H,2,5,12-15,18-19H2,1,3-4H3,(H,36,37). The summed E-state index contributed by atoms with van der Waals surface area (Å²) in [6.07, 6.45) is 2.37. The largest absolute Gasteiger partial charge is 0.478 e. The first-order chi connectivity index (χ1) is 17.6. The first-order valence-corrected chi connectivity index (χ1v) is 12.5. The third kappa shape index (κ3) is 5.81. The third-order valence-corrected chi connectivity index (χ3v) is 7.15. The number of benzene rings is 1. The topological polar surface area (TPSA) is 61.6 Å². The first-order valence-electron chi connectivity index (χ1n) is 12.5. The van der Waals surface area contributed by atoms with Crippen molar-refractivity contribution in [1.82, 2.24) is 19.4 Å². The molecule has 1 fully saturated rings. The maximum absolute atomic E-state index is 14.2. The Bertz CT molecular complexity index is 1280. The molecule has 3 aromatic rings. The van der Waals surface area contributed by atoms with Crippen LogP contribution in [0.3, 0.4) is 0 Å². The molecule has 4 rings (SSSR count). The average molecular weight is 509 g/mol. The number of aromatic carboxylic acids is 1. The smallest absolute Gasteiger partial charge is 0.335 e. The number of pyridine rings is 1. The van der Waals surface area contributed by atoms with Crippen LogP contribution in [-0.4, -0.2) is 56.6 Å². The van der Waals surface area contributed by atoms with Crippen LogP contribution in [0.5, 0.6) is 0 Å². The van der Waals surface area contributed by atoms with E-state index in [1.165, 1.54) is 25.1 Å². The number of halogens is 2. The summed E-state index contributed by atoms with van der Waals surface area (Å²) < 4.78 is 30.5. The molecule has 8 heteroatoms. The SMILES string of the molecule is C=C(C)C(F)(F)c1ccc(CN2CCN(Cc3cc(CC)c(-c4cc(C(=O)O)ccn4)n3C)CC2)cc1. The minimum absolute atomic E-state index is 0.0214. The van der Waals surface area contributed by atoms with Crippen LogP contribution in [-0.2, 0) is 32.5 Å². The van der Waals surface area contributed by atoms with Crippen molar-refractivity contribution in [3.8, 4) is 11.4 Å². The van der Waals surface area contributed by atoms with Gasteiger partial charge in [0.2, 0.25) is 0 Å². The van der Waals surface area contributed by atoms with Crippen molar-refractivity contribution >= 4 is 5.97 Å². The zero-order valence-electron chi connectivity index (χ0n) is 21.7. The summed E-state index contributed by atoms with van der Waals surface area (Å²) >= 11 is 0. The van der Waals surface area contributed by atoms with Crippen LogP contribution < -0.4 is 0 Å². The lowest BCUT2D eigenvalue weighted by Crippen LogP contribution is -2.45. The number of carboxylic acids is 1. The van der Waals surface area contributed by atoms with E-state index in [4.69, 9.17) is 0 Å². The lowest BCUT2D eigenvalue weighted by Gasteiger charge is -2.34. The highest BCUT2D eigenvalue weighted by molar-refractivity contribution is 5.88. The minimum atomic E-state index is -3.01. The molecular formula is C29H34F2N4O2. The monoisotopic (exact) mass is 508 g/mol. The number of aryl methyl sites for hydroxylation is 1. The number of aromatic nitrogens is 2. The fourth-order valence-electron chi connectivity index (χ4n) is 4.83. The Balaban J connectivity index is 1.38. The van der Waals surface area contributed by atoms with Crippen molar-refractivity contribution in [2.24, 2.45) is 7.05 Å². The van der Waals surface area contributed by atoms with Crippen molar-refractivity contribution in [2.45, 2.75) is 39.3 Å². The van der Waals surface area contributed by atoms with E-state index in [0.29, 0.717) is 5.69 Å². The first kappa shape index (κ1) is 26.7. The third-order valence-electron chi connectivity index (χ3n) is 7.15. The van der Waals surface area contributed by atoms with Crippen molar-refractivity contribution in [3.63, 3.8) is 0 Å². The predicted octanol–water partition coefficient (Wildman–Crippen LogP) is 5.33. The Kier molecular flexibility index (Phi) is 7.90. The molecule has 6 nitrogen and oxygen atoms in total. The Morgan fingerprint density at radius 3 is 2.24 bits per heavy atom. The zero-order chi connectivity index (χ0) is 26.7. The van der Waals surface area contributed by atoms with Gasteiger partial charge in [-0.15, -0.1) is 0 Å². The number of carboxylic acid groups (broad SMARTS) is 1. The van der Waals surface area contributed by atoms with Crippen LogP contribution in [0.4, 0.5) is 8.78 Å². The molecule has 2 aromatic heterocycles. The van der Waals surface area contributed by atoms with E-state index in [2.05, 4.69) is 38.9 Å². The number of carbonyl (C=O) groups is 1. The van der Waals surface area contributed by atoms with Crippen molar-refractivity contribution in [2.75, 3.05) is 26.2 Å². The van der Waals surface area contributed by atoms with E-state index in [9.17, 15) is 18.7 Å². The molecule has 37 heavy (non-hydrogen) atoms. The van der Waals surface area contributed by atoms with E-state index in [1.54, 1.807) is 24.4 Å². The molecule has 0 amide bonds. The summed E-state index contributed by atoms with van der Waals surface area (Å²) in [5.41, 5.74) is 5.01. The molecule has 0 spiro atoms. The number of rotatable bonds is 9. The molecule has 1 N–H and O–H groups in total. The fourth-order valence-corrected chi connectivity index (χ4v) is 4.83. The van der Waals surface area contributed by atoms with Gasteiger partial charge in [-0.25, -0.2) is 4.79 Å². The second kappa shape index (κ2) is 10.9. The molecule has 0 radical (unpaired) electrons. The number of piperazine rings is 1. The van der Waals surface area contributed by atoms with Gasteiger partial charge in [0.15, 0.2) is 0 Å². The molecule has 3 heterocycles. The van der Waals surface area contributed by atoms with Crippen LogP contribution in [0.1, 0.15) is 46.6 Å². The lowest BCUT2D eigenvalue weighted by molar-refractivity contribution is 0.0385. The van der Waals surface area contributed by atoms with E-state index >= 15 is 0 Å². The summed E-state index contributed by atoms with van der Waals surface area (Å²) in [7, 11) is 2.01. The Morgan fingerprint density at radius 1 is 1.05 bits per heavy atom. The maximum atomic E-state index is 14.2. The summed E-state index contributed by atoms with van der Waals surface area (Å²) in [5, 5.41) is 9.37. The van der Waals surface area contributed by atoms with Gasteiger partial charge in [0.1, 0.15) is 0 Å². The summed E-state index contributed by atoms with van der Waals surface area (Å²) in [6, 6.07) is 11.9. The molecule has 0 bridgehead atoms. The van der Waals surface area contributed by atoms with Crippen LogP contribution in [0.2, 0.25) is 0 Å². The van der Waals surface area contributed by atoms with Gasteiger partial charge in [0.05, 0.1) is 17.0 Å². The minimum Gasteiger partial charge on any atom is -0.478 e. The molecule has 1 aromatic carbocycles. The number of hydrogen-bond donors (Lipinski definition) is 1. The Morgan fingerprint density at radius 2 is 1.68 bits per heavy atom. The Hall–Kier alpha value is -3.36. The van der Waals surface area contributed by atoms with Crippen molar-refractivity contribution in [3.05, 3.63) is 88.8 Å². The second-order valence-electron chi connectivity index (χ2n) is 9.76. The van der Waals surface area contributed by atoms with E-state index in [-0.39, 0.29) is 16.7 Å². The average Bonchev–Trinajstić information content (AvgIpc) is 3.20. The highest BCUT2D eigenvalue weighted by Gasteiger charge is 2.32. The molecule has 0 unspecified atom stereocenters. The van der Waals surface area contributed by atoms with Gasteiger partial charge < -0.3 is 9.67 Å². The Labute approximate surface area is 216 Å². The van der Waals surface area contributed by atoms with Crippen molar-refractivity contribution < 1.29 is 18.7 Å². The molecule has 0 saturated carbocycles. The van der Waals surface area contributed by atoms with Crippen molar-refractivity contribution in [1.29, 1.82) is 0 Å². The number of hydrogen-bond acceptors (Lipinski definition) is 4. The number of alkyl halides is 2. The molecule has 196 valence electrons. The van der Waals surface area contributed by atoms with Gasteiger partial charge in [-0.2, -0.15) is 8.78 Å².